The molecule has 3 aromatic rings. The second kappa shape index (κ2) is 4.97. The van der Waals surface area contributed by atoms with Gasteiger partial charge >= 0.3 is 0 Å². The Morgan fingerprint density at radius 1 is 1.24 bits per heavy atom. The summed E-state index contributed by atoms with van der Waals surface area (Å²) in [6.07, 6.45) is 0. The van der Waals surface area contributed by atoms with E-state index in [0.717, 1.165) is 16.9 Å². The summed E-state index contributed by atoms with van der Waals surface area (Å²) in [6.45, 7) is 9.34. The second-order valence-corrected chi connectivity index (χ2v) is 7.18. The van der Waals surface area contributed by atoms with Gasteiger partial charge in [0.2, 0.25) is 0 Å². The normalized spacial score (nSPS) is 12.2. The molecular weight excluding hydrogens is 278 g/mol. The van der Waals surface area contributed by atoms with Crippen molar-refractivity contribution in [3.8, 4) is 11.4 Å². The standard InChI is InChI=1S/C17H21N3S/c1-11-9-21-10-13(11)16-19-14-7-12(8-18)5-6-15(14)20(16)17(2,3)4/h5-7,9-10H,8,18H2,1-4H3. The van der Waals surface area contributed by atoms with E-state index in [0.29, 0.717) is 6.54 Å². The van der Waals surface area contributed by atoms with Crippen molar-refractivity contribution in [2.24, 2.45) is 5.73 Å². The van der Waals surface area contributed by atoms with Gasteiger partial charge in [0.1, 0.15) is 5.82 Å². The number of hydrogen-bond donors (Lipinski definition) is 1. The molecule has 0 atom stereocenters. The van der Waals surface area contributed by atoms with Crippen LogP contribution in [0.1, 0.15) is 31.9 Å². The molecule has 0 aliphatic carbocycles. The highest BCUT2D eigenvalue weighted by molar-refractivity contribution is 7.08. The van der Waals surface area contributed by atoms with E-state index >= 15 is 0 Å². The first-order chi connectivity index (χ1) is 9.91. The lowest BCUT2D eigenvalue weighted by Gasteiger charge is -2.24. The Balaban J connectivity index is 2.35. The van der Waals surface area contributed by atoms with Crippen LogP contribution in [0.5, 0.6) is 0 Å². The maximum Gasteiger partial charge on any atom is 0.142 e. The Kier molecular flexibility index (Phi) is 3.38. The Morgan fingerprint density at radius 3 is 2.57 bits per heavy atom. The highest BCUT2D eigenvalue weighted by atomic mass is 32.1. The molecule has 1 aromatic carbocycles. The lowest BCUT2D eigenvalue weighted by Crippen LogP contribution is -2.22. The van der Waals surface area contributed by atoms with Crippen molar-refractivity contribution < 1.29 is 0 Å². The van der Waals surface area contributed by atoms with Crippen molar-refractivity contribution in [1.29, 1.82) is 0 Å². The fourth-order valence-corrected chi connectivity index (χ4v) is 3.53. The SMILES string of the molecule is Cc1cscc1-c1nc2cc(CN)ccc2n1C(C)(C)C. The molecule has 0 saturated heterocycles. The topological polar surface area (TPSA) is 43.8 Å². The van der Waals surface area contributed by atoms with Crippen LogP contribution in [0.25, 0.3) is 22.4 Å². The minimum atomic E-state index is -0.0251. The first kappa shape index (κ1) is 14.3. The molecule has 4 heteroatoms. The molecule has 0 bridgehead atoms. The number of nitrogens with two attached hydrogens (primary N) is 1. The van der Waals surface area contributed by atoms with Crippen molar-refractivity contribution in [3.63, 3.8) is 0 Å². The van der Waals surface area contributed by atoms with Crippen LogP contribution in [0.2, 0.25) is 0 Å². The summed E-state index contributed by atoms with van der Waals surface area (Å²) in [6, 6.07) is 6.33. The number of thiophene rings is 1. The minimum Gasteiger partial charge on any atom is -0.326 e. The monoisotopic (exact) mass is 299 g/mol. The smallest absolute Gasteiger partial charge is 0.142 e. The molecule has 0 radical (unpaired) electrons. The molecule has 0 aliphatic heterocycles. The molecule has 110 valence electrons. The Bertz CT molecular complexity index is 790. The van der Waals surface area contributed by atoms with Gasteiger partial charge < -0.3 is 10.3 Å². The van der Waals surface area contributed by atoms with Gasteiger partial charge in [0.25, 0.3) is 0 Å². The van der Waals surface area contributed by atoms with Crippen LogP contribution in [0.4, 0.5) is 0 Å². The van der Waals surface area contributed by atoms with Gasteiger partial charge in [-0.2, -0.15) is 11.3 Å². The highest BCUT2D eigenvalue weighted by Crippen LogP contribution is 2.34. The first-order valence-electron chi connectivity index (χ1n) is 7.17. The Labute approximate surface area is 129 Å². The van der Waals surface area contributed by atoms with Crippen molar-refractivity contribution in [1.82, 2.24) is 9.55 Å². The Hall–Kier alpha value is -1.65. The van der Waals surface area contributed by atoms with Crippen molar-refractivity contribution in [2.75, 3.05) is 0 Å². The van der Waals surface area contributed by atoms with Crippen LogP contribution in [-0.4, -0.2) is 9.55 Å². The van der Waals surface area contributed by atoms with Crippen molar-refractivity contribution in [3.05, 3.63) is 40.1 Å². The molecule has 2 aromatic heterocycles. The zero-order valence-corrected chi connectivity index (χ0v) is 13.8. The predicted molar refractivity (Wildman–Crippen MR) is 90.7 cm³/mol. The van der Waals surface area contributed by atoms with Crippen LogP contribution in [-0.2, 0) is 12.1 Å². The zero-order valence-electron chi connectivity index (χ0n) is 13.0. The molecule has 3 rings (SSSR count). The number of benzene rings is 1. The third-order valence-corrected chi connectivity index (χ3v) is 4.58. The van der Waals surface area contributed by atoms with Gasteiger partial charge in [-0.15, -0.1) is 0 Å². The number of aryl methyl sites for hydroxylation is 1. The van der Waals surface area contributed by atoms with Crippen LogP contribution in [0.3, 0.4) is 0 Å². The number of imidazole rings is 1. The van der Waals surface area contributed by atoms with Gasteiger partial charge in [0, 0.05) is 23.0 Å². The van der Waals surface area contributed by atoms with Crippen LogP contribution >= 0.6 is 11.3 Å². The summed E-state index contributed by atoms with van der Waals surface area (Å²) in [5.41, 5.74) is 11.5. The summed E-state index contributed by atoms with van der Waals surface area (Å²) in [5, 5.41) is 4.36. The van der Waals surface area contributed by atoms with Gasteiger partial charge in [-0.05, 0) is 56.3 Å². The Morgan fingerprint density at radius 2 is 2.00 bits per heavy atom. The summed E-state index contributed by atoms with van der Waals surface area (Å²) in [7, 11) is 0. The summed E-state index contributed by atoms with van der Waals surface area (Å²) >= 11 is 1.72. The number of hydrogen-bond acceptors (Lipinski definition) is 3. The van der Waals surface area contributed by atoms with Crippen LogP contribution in [0, 0.1) is 6.92 Å². The number of fused-ring (bicyclic) bond motifs is 1. The van der Waals surface area contributed by atoms with E-state index in [-0.39, 0.29) is 5.54 Å². The maximum atomic E-state index is 5.76. The van der Waals surface area contributed by atoms with Gasteiger partial charge in [-0.3, -0.25) is 0 Å². The fraction of sp³-hybridized carbons (Fsp3) is 0.353. The molecule has 2 heterocycles. The lowest BCUT2D eigenvalue weighted by atomic mass is 10.1. The zero-order chi connectivity index (χ0) is 15.2. The van der Waals surface area contributed by atoms with E-state index in [1.54, 1.807) is 11.3 Å². The van der Waals surface area contributed by atoms with Crippen molar-refractivity contribution in [2.45, 2.75) is 39.8 Å². The van der Waals surface area contributed by atoms with E-state index in [9.17, 15) is 0 Å². The number of aromatic nitrogens is 2. The fourth-order valence-electron chi connectivity index (χ4n) is 2.70. The number of nitrogens with zero attached hydrogens (tertiary/aromatic N) is 2. The third-order valence-electron chi connectivity index (χ3n) is 3.72. The molecule has 0 saturated carbocycles. The largest absolute Gasteiger partial charge is 0.326 e. The number of rotatable bonds is 2. The predicted octanol–water partition coefficient (Wildman–Crippen LogP) is 4.29. The van der Waals surface area contributed by atoms with Gasteiger partial charge in [-0.25, -0.2) is 4.98 Å². The van der Waals surface area contributed by atoms with E-state index in [1.165, 1.54) is 16.6 Å². The van der Waals surface area contributed by atoms with E-state index in [1.807, 2.05) is 0 Å². The van der Waals surface area contributed by atoms with Crippen LogP contribution in [0.15, 0.2) is 29.0 Å². The molecule has 0 aliphatic rings. The lowest BCUT2D eigenvalue weighted by molar-refractivity contribution is 0.413. The average Bonchev–Trinajstić information content (AvgIpc) is 2.99. The summed E-state index contributed by atoms with van der Waals surface area (Å²) in [4.78, 5) is 4.91. The minimum absolute atomic E-state index is 0.0251. The molecular formula is C17H21N3S. The molecule has 0 fully saturated rings. The van der Waals surface area contributed by atoms with Crippen LogP contribution < -0.4 is 5.73 Å². The molecule has 2 N–H and O–H groups in total. The first-order valence-corrected chi connectivity index (χ1v) is 8.11. The van der Waals surface area contributed by atoms with E-state index in [4.69, 9.17) is 10.7 Å². The maximum absolute atomic E-state index is 5.76. The average molecular weight is 299 g/mol. The highest BCUT2D eigenvalue weighted by Gasteiger charge is 2.23. The molecule has 3 nitrogen and oxygen atoms in total. The van der Waals surface area contributed by atoms with Gasteiger partial charge in [-0.1, -0.05) is 6.07 Å². The summed E-state index contributed by atoms with van der Waals surface area (Å²) in [5.74, 6) is 1.05. The molecule has 0 amide bonds. The van der Waals surface area contributed by atoms with Gasteiger partial charge in [0.15, 0.2) is 0 Å². The third kappa shape index (κ3) is 2.39. The van der Waals surface area contributed by atoms with E-state index in [2.05, 4.69) is 61.2 Å². The van der Waals surface area contributed by atoms with E-state index < -0.39 is 0 Å². The molecule has 21 heavy (non-hydrogen) atoms. The quantitative estimate of drug-likeness (QED) is 0.767. The second-order valence-electron chi connectivity index (χ2n) is 6.44. The molecule has 0 unspecified atom stereocenters. The summed E-state index contributed by atoms with van der Waals surface area (Å²) < 4.78 is 2.33. The van der Waals surface area contributed by atoms with Gasteiger partial charge in [0.05, 0.1) is 11.0 Å². The molecule has 0 spiro atoms. The van der Waals surface area contributed by atoms with Crippen molar-refractivity contribution >= 4 is 22.4 Å².